The Bertz CT molecular complexity index is 753. The van der Waals surface area contributed by atoms with Crippen molar-refractivity contribution in [2.24, 2.45) is 17.8 Å². The summed E-state index contributed by atoms with van der Waals surface area (Å²) < 4.78 is 0. The molecule has 0 bridgehead atoms. The fourth-order valence-corrected chi connectivity index (χ4v) is 4.18. The fourth-order valence-electron chi connectivity index (χ4n) is 4.18. The van der Waals surface area contributed by atoms with E-state index in [1.165, 1.54) is 43.5 Å². The number of imide groups is 1. The van der Waals surface area contributed by atoms with Crippen molar-refractivity contribution in [3.63, 3.8) is 0 Å². The Labute approximate surface area is 187 Å². The van der Waals surface area contributed by atoms with E-state index in [-0.39, 0.29) is 23.5 Å². The van der Waals surface area contributed by atoms with Gasteiger partial charge in [-0.2, -0.15) is 0 Å². The molecule has 2 heterocycles. The number of Topliss-reactive ketones (excluding diaryl/α,β-unsaturated/α-hetero) is 1. The number of aryl methyl sites for hydroxylation is 1. The van der Waals surface area contributed by atoms with Crippen molar-refractivity contribution in [2.45, 2.75) is 79.1 Å². The molecule has 2 aliphatic heterocycles. The molecule has 0 radical (unpaired) electrons. The summed E-state index contributed by atoms with van der Waals surface area (Å²) in [5.41, 5.74) is 3.58. The van der Waals surface area contributed by atoms with Gasteiger partial charge < -0.3 is 5.32 Å². The topological polar surface area (TPSA) is 75.3 Å². The number of ketones is 1. The summed E-state index contributed by atoms with van der Waals surface area (Å²) in [6.45, 7) is 10.3. The quantitative estimate of drug-likeness (QED) is 0.496. The molecule has 3 rings (SSSR count). The largest absolute Gasteiger partial charge is 0.317 e. The molecule has 172 valence electrons. The van der Waals surface area contributed by atoms with Gasteiger partial charge in [0.25, 0.3) is 0 Å². The van der Waals surface area contributed by atoms with Gasteiger partial charge in [-0.25, -0.2) is 0 Å². The average molecular weight is 429 g/mol. The molecule has 2 fully saturated rings. The Morgan fingerprint density at radius 3 is 2.45 bits per heavy atom. The smallest absolute Gasteiger partial charge is 0.229 e. The Morgan fingerprint density at radius 1 is 1.16 bits per heavy atom. The van der Waals surface area contributed by atoms with Crippen molar-refractivity contribution in [3.05, 3.63) is 34.9 Å². The lowest BCUT2D eigenvalue weighted by atomic mass is 9.88. The van der Waals surface area contributed by atoms with Crippen molar-refractivity contribution in [1.82, 2.24) is 10.6 Å². The Hall–Kier alpha value is -2.01. The van der Waals surface area contributed by atoms with Gasteiger partial charge in [0.1, 0.15) is 0 Å². The Balaban J connectivity index is 0.000000316. The van der Waals surface area contributed by atoms with Crippen molar-refractivity contribution >= 4 is 17.6 Å². The third-order valence-corrected chi connectivity index (χ3v) is 6.63. The summed E-state index contributed by atoms with van der Waals surface area (Å²) >= 11 is 0. The van der Waals surface area contributed by atoms with Gasteiger partial charge in [0.2, 0.25) is 11.8 Å². The first-order chi connectivity index (χ1) is 14.8. The van der Waals surface area contributed by atoms with Crippen LogP contribution in [0.5, 0.6) is 0 Å². The second-order valence-electron chi connectivity index (χ2n) is 9.35. The highest BCUT2D eigenvalue weighted by atomic mass is 16.2. The van der Waals surface area contributed by atoms with E-state index in [1.807, 2.05) is 6.92 Å². The van der Waals surface area contributed by atoms with E-state index in [0.717, 1.165) is 30.7 Å². The minimum atomic E-state index is -0.141. The van der Waals surface area contributed by atoms with E-state index in [9.17, 15) is 14.4 Å². The molecule has 0 aromatic heterocycles. The molecule has 2 atom stereocenters. The number of piperidine rings is 2. The second-order valence-corrected chi connectivity index (χ2v) is 9.35. The van der Waals surface area contributed by atoms with Crippen LogP contribution in [0.4, 0.5) is 0 Å². The summed E-state index contributed by atoms with van der Waals surface area (Å²) in [5.74, 6) is 1.44. The molecule has 31 heavy (non-hydrogen) atoms. The molecular formula is C26H40N2O3. The van der Waals surface area contributed by atoms with Gasteiger partial charge in [0, 0.05) is 17.9 Å². The van der Waals surface area contributed by atoms with Crippen LogP contribution in [0.25, 0.3) is 0 Å². The normalized spacial score (nSPS) is 20.5. The van der Waals surface area contributed by atoms with Crippen LogP contribution >= 0.6 is 0 Å². The van der Waals surface area contributed by atoms with Gasteiger partial charge >= 0.3 is 0 Å². The van der Waals surface area contributed by atoms with Gasteiger partial charge in [0.05, 0.1) is 0 Å². The molecule has 0 saturated carbocycles. The van der Waals surface area contributed by atoms with E-state index in [1.54, 1.807) is 6.92 Å². The highest BCUT2D eigenvalue weighted by Gasteiger charge is 2.21. The third kappa shape index (κ3) is 8.56. The van der Waals surface area contributed by atoms with Crippen molar-refractivity contribution in [1.29, 1.82) is 0 Å². The maximum Gasteiger partial charge on any atom is 0.229 e. The molecular weight excluding hydrogens is 388 g/mol. The van der Waals surface area contributed by atoms with Crippen molar-refractivity contribution in [2.75, 3.05) is 13.1 Å². The minimum Gasteiger partial charge on any atom is -0.317 e. The minimum absolute atomic E-state index is 0.0164. The molecule has 2 amide bonds. The summed E-state index contributed by atoms with van der Waals surface area (Å²) in [5, 5.41) is 5.68. The summed E-state index contributed by atoms with van der Waals surface area (Å²) in [6, 6.07) is 6.51. The number of nitrogens with one attached hydrogen (secondary N) is 2. The maximum atomic E-state index is 11.8. The number of rotatable bonds is 7. The lowest BCUT2D eigenvalue weighted by Crippen LogP contribution is -2.39. The molecule has 2 saturated heterocycles. The van der Waals surface area contributed by atoms with E-state index in [0.29, 0.717) is 18.8 Å². The molecule has 0 spiro atoms. The number of hydrogen-bond acceptors (Lipinski definition) is 4. The predicted molar refractivity (Wildman–Crippen MR) is 125 cm³/mol. The van der Waals surface area contributed by atoms with Gasteiger partial charge in [-0.1, -0.05) is 45.4 Å². The van der Waals surface area contributed by atoms with Gasteiger partial charge in [-0.05, 0) is 81.5 Å². The predicted octanol–water partition coefficient (Wildman–Crippen LogP) is 4.47. The summed E-state index contributed by atoms with van der Waals surface area (Å²) in [6.07, 6.45) is 8.43. The van der Waals surface area contributed by atoms with Crippen LogP contribution in [-0.4, -0.2) is 30.7 Å². The Morgan fingerprint density at radius 2 is 1.87 bits per heavy atom. The molecule has 0 aliphatic carbocycles. The van der Waals surface area contributed by atoms with E-state index in [4.69, 9.17) is 0 Å². The third-order valence-electron chi connectivity index (χ3n) is 6.63. The summed E-state index contributed by atoms with van der Waals surface area (Å²) in [7, 11) is 0. The van der Waals surface area contributed by atoms with Gasteiger partial charge in [0.15, 0.2) is 5.78 Å². The second kappa shape index (κ2) is 12.7. The number of hydrogen-bond donors (Lipinski definition) is 2. The summed E-state index contributed by atoms with van der Waals surface area (Å²) in [4.78, 5) is 33.0. The average Bonchev–Trinajstić information content (AvgIpc) is 2.76. The number of amides is 2. The molecule has 2 unspecified atom stereocenters. The number of carbonyl (C=O) groups is 3. The molecule has 2 N–H and O–H groups in total. The molecule has 1 aromatic carbocycles. The van der Waals surface area contributed by atoms with Crippen LogP contribution in [0.1, 0.15) is 87.7 Å². The SMILES string of the molecule is CC1CCC(=O)NC1=O.CCC(C)Cc1cc(CCC2CCNCC2)ccc1C(C)=O. The van der Waals surface area contributed by atoms with Crippen LogP contribution < -0.4 is 10.6 Å². The number of benzene rings is 1. The highest BCUT2D eigenvalue weighted by molar-refractivity contribution is 5.98. The van der Waals surface area contributed by atoms with Crippen LogP contribution in [0, 0.1) is 17.8 Å². The zero-order valence-corrected chi connectivity index (χ0v) is 19.8. The first kappa shape index (κ1) is 25.3. The van der Waals surface area contributed by atoms with E-state index in [2.05, 4.69) is 42.7 Å². The fraction of sp³-hybridized carbons (Fsp3) is 0.654. The van der Waals surface area contributed by atoms with E-state index < -0.39 is 0 Å². The van der Waals surface area contributed by atoms with Crippen molar-refractivity contribution in [3.8, 4) is 0 Å². The lowest BCUT2D eigenvalue weighted by molar-refractivity contribution is -0.135. The van der Waals surface area contributed by atoms with Crippen LogP contribution in [0.2, 0.25) is 0 Å². The monoisotopic (exact) mass is 428 g/mol. The molecule has 1 aromatic rings. The van der Waals surface area contributed by atoms with Crippen LogP contribution in [-0.2, 0) is 22.4 Å². The van der Waals surface area contributed by atoms with Crippen molar-refractivity contribution < 1.29 is 14.4 Å². The zero-order chi connectivity index (χ0) is 22.8. The standard InChI is InChI=1S/C20H31NO.C6H9NO2/c1-4-15(2)13-19-14-18(7-8-20(19)16(3)22)6-5-17-9-11-21-12-10-17;1-4-2-3-5(8)7-6(4)9/h7-8,14-15,17,21H,4-6,9-13H2,1-3H3;4H,2-3H2,1H3,(H,7,8,9). The molecule has 2 aliphatic rings. The van der Waals surface area contributed by atoms with Crippen LogP contribution in [0.3, 0.4) is 0 Å². The highest BCUT2D eigenvalue weighted by Crippen LogP contribution is 2.22. The Kier molecular flexibility index (Phi) is 10.4. The van der Waals surface area contributed by atoms with E-state index >= 15 is 0 Å². The number of carbonyl (C=O) groups excluding carboxylic acids is 3. The molecule has 5 nitrogen and oxygen atoms in total. The van der Waals surface area contributed by atoms with Gasteiger partial charge in [-0.15, -0.1) is 0 Å². The van der Waals surface area contributed by atoms with Gasteiger partial charge in [-0.3, -0.25) is 19.7 Å². The first-order valence-electron chi connectivity index (χ1n) is 12.0. The molecule has 5 heteroatoms. The lowest BCUT2D eigenvalue weighted by Gasteiger charge is -2.22. The zero-order valence-electron chi connectivity index (χ0n) is 19.8. The first-order valence-corrected chi connectivity index (χ1v) is 12.0. The maximum absolute atomic E-state index is 11.8. The van der Waals surface area contributed by atoms with Crippen LogP contribution in [0.15, 0.2) is 18.2 Å².